The third-order valence-corrected chi connectivity index (χ3v) is 3.73. The number of nitrogens with one attached hydrogen (secondary N) is 2. The van der Waals surface area contributed by atoms with Crippen molar-refractivity contribution in [3.05, 3.63) is 18.2 Å². The van der Waals surface area contributed by atoms with Crippen LogP contribution in [0.25, 0.3) is 0 Å². The molecule has 0 atom stereocenters. The zero-order valence-corrected chi connectivity index (χ0v) is 11.5. The SMILES string of the molecule is CNS(=O)(=O)c1ccc(NCC(C)(C)O)c(N)c1. The van der Waals surface area contributed by atoms with Crippen molar-refractivity contribution < 1.29 is 13.5 Å². The quantitative estimate of drug-likeness (QED) is 0.580. The minimum absolute atomic E-state index is 0.108. The summed E-state index contributed by atoms with van der Waals surface area (Å²) < 4.78 is 25.3. The van der Waals surface area contributed by atoms with Gasteiger partial charge < -0.3 is 16.2 Å². The first-order chi connectivity index (χ1) is 8.15. The average molecular weight is 273 g/mol. The Hall–Kier alpha value is -1.31. The Morgan fingerprint density at radius 2 is 2.00 bits per heavy atom. The van der Waals surface area contributed by atoms with Gasteiger partial charge >= 0.3 is 0 Å². The molecule has 0 aliphatic carbocycles. The minimum atomic E-state index is -3.49. The number of aliphatic hydroxyl groups is 1. The largest absolute Gasteiger partial charge is 0.397 e. The Morgan fingerprint density at radius 1 is 1.39 bits per heavy atom. The highest BCUT2D eigenvalue weighted by molar-refractivity contribution is 7.89. The molecule has 18 heavy (non-hydrogen) atoms. The van der Waals surface area contributed by atoms with Crippen LogP contribution in [0.2, 0.25) is 0 Å². The van der Waals surface area contributed by atoms with E-state index in [0.29, 0.717) is 17.9 Å². The molecule has 5 N–H and O–H groups in total. The molecule has 0 spiro atoms. The van der Waals surface area contributed by atoms with E-state index in [1.54, 1.807) is 19.9 Å². The predicted octanol–water partition coefficient (Wildman–Crippen LogP) is 0.360. The maximum absolute atomic E-state index is 11.6. The summed E-state index contributed by atoms with van der Waals surface area (Å²) in [6.45, 7) is 3.64. The van der Waals surface area contributed by atoms with Crippen LogP contribution in [0.3, 0.4) is 0 Å². The lowest BCUT2D eigenvalue weighted by molar-refractivity contribution is 0.0945. The maximum atomic E-state index is 11.6. The van der Waals surface area contributed by atoms with E-state index in [0.717, 1.165) is 0 Å². The minimum Gasteiger partial charge on any atom is -0.397 e. The van der Waals surface area contributed by atoms with Gasteiger partial charge in [-0.2, -0.15) is 0 Å². The third kappa shape index (κ3) is 3.86. The Bertz CT molecular complexity index is 521. The van der Waals surface area contributed by atoms with Gasteiger partial charge in [0.15, 0.2) is 0 Å². The van der Waals surface area contributed by atoms with E-state index >= 15 is 0 Å². The van der Waals surface area contributed by atoms with Crippen LogP contribution < -0.4 is 15.8 Å². The van der Waals surface area contributed by atoms with E-state index in [2.05, 4.69) is 10.0 Å². The third-order valence-electron chi connectivity index (χ3n) is 2.31. The molecule has 0 aromatic heterocycles. The Morgan fingerprint density at radius 3 is 2.44 bits per heavy atom. The Balaban J connectivity index is 2.94. The molecule has 0 radical (unpaired) electrons. The number of sulfonamides is 1. The molecule has 0 aliphatic heterocycles. The van der Waals surface area contributed by atoms with Gasteiger partial charge in [-0.05, 0) is 39.1 Å². The summed E-state index contributed by atoms with van der Waals surface area (Å²) in [5.41, 5.74) is 5.80. The summed E-state index contributed by atoms with van der Waals surface area (Å²) in [4.78, 5) is 0.108. The highest BCUT2D eigenvalue weighted by Gasteiger charge is 2.15. The summed E-state index contributed by atoms with van der Waals surface area (Å²) in [7, 11) is -2.15. The lowest BCUT2D eigenvalue weighted by Gasteiger charge is -2.19. The molecule has 6 nitrogen and oxygen atoms in total. The van der Waals surface area contributed by atoms with E-state index in [4.69, 9.17) is 5.73 Å². The van der Waals surface area contributed by atoms with E-state index in [1.165, 1.54) is 19.2 Å². The maximum Gasteiger partial charge on any atom is 0.240 e. The van der Waals surface area contributed by atoms with Crippen molar-refractivity contribution in [3.63, 3.8) is 0 Å². The van der Waals surface area contributed by atoms with Gasteiger partial charge in [-0.3, -0.25) is 0 Å². The van der Waals surface area contributed by atoms with Crippen molar-refractivity contribution in [2.45, 2.75) is 24.3 Å². The van der Waals surface area contributed by atoms with Crippen LogP contribution in [0.5, 0.6) is 0 Å². The lowest BCUT2D eigenvalue weighted by Crippen LogP contribution is -2.29. The first-order valence-electron chi connectivity index (χ1n) is 5.45. The zero-order valence-electron chi connectivity index (χ0n) is 10.7. The van der Waals surface area contributed by atoms with Gasteiger partial charge in [0.1, 0.15) is 0 Å². The second-order valence-electron chi connectivity index (χ2n) is 4.62. The summed E-state index contributed by atoms with van der Waals surface area (Å²) >= 11 is 0. The number of anilines is 2. The summed E-state index contributed by atoms with van der Waals surface area (Å²) in [6.07, 6.45) is 0. The number of rotatable bonds is 5. The molecule has 0 aliphatic rings. The fourth-order valence-corrected chi connectivity index (χ4v) is 2.06. The number of nitrogen functional groups attached to an aromatic ring is 1. The van der Waals surface area contributed by atoms with Crippen LogP contribution in [-0.2, 0) is 10.0 Å². The highest BCUT2D eigenvalue weighted by Crippen LogP contribution is 2.22. The number of nitrogens with two attached hydrogens (primary N) is 1. The van der Waals surface area contributed by atoms with Crippen LogP contribution >= 0.6 is 0 Å². The second-order valence-corrected chi connectivity index (χ2v) is 6.51. The Labute approximate surface area is 107 Å². The summed E-state index contributed by atoms with van der Waals surface area (Å²) in [6, 6.07) is 4.40. The van der Waals surface area contributed by atoms with E-state index < -0.39 is 15.6 Å². The zero-order chi connectivity index (χ0) is 14.0. The van der Waals surface area contributed by atoms with E-state index in [9.17, 15) is 13.5 Å². The standard InChI is InChI=1S/C11H19N3O3S/c1-11(2,15)7-14-10-5-4-8(6-9(10)12)18(16,17)13-3/h4-6,13-15H,7,12H2,1-3H3. The molecule has 0 saturated heterocycles. The number of hydrogen-bond donors (Lipinski definition) is 4. The van der Waals surface area contributed by atoms with Gasteiger partial charge in [-0.25, -0.2) is 13.1 Å². The smallest absolute Gasteiger partial charge is 0.240 e. The van der Waals surface area contributed by atoms with Gasteiger partial charge in [0, 0.05) is 6.54 Å². The summed E-state index contributed by atoms with van der Waals surface area (Å²) in [5.74, 6) is 0. The van der Waals surface area contributed by atoms with E-state index in [-0.39, 0.29) is 4.90 Å². The van der Waals surface area contributed by atoms with Crippen LogP contribution in [0.15, 0.2) is 23.1 Å². The van der Waals surface area contributed by atoms with Gasteiger partial charge in [-0.15, -0.1) is 0 Å². The van der Waals surface area contributed by atoms with E-state index in [1.807, 2.05) is 0 Å². The van der Waals surface area contributed by atoms with Crippen molar-refractivity contribution in [2.24, 2.45) is 0 Å². The fourth-order valence-electron chi connectivity index (χ4n) is 1.30. The highest BCUT2D eigenvalue weighted by atomic mass is 32.2. The molecular weight excluding hydrogens is 254 g/mol. The molecule has 7 heteroatoms. The topological polar surface area (TPSA) is 104 Å². The molecule has 0 heterocycles. The van der Waals surface area contributed by atoms with Gasteiger partial charge in [0.25, 0.3) is 0 Å². The predicted molar refractivity (Wildman–Crippen MR) is 71.9 cm³/mol. The van der Waals surface area contributed by atoms with Crippen LogP contribution in [0, 0.1) is 0 Å². The van der Waals surface area contributed by atoms with Crippen LogP contribution in [0.4, 0.5) is 11.4 Å². The molecule has 1 aromatic rings. The lowest BCUT2D eigenvalue weighted by atomic mass is 10.1. The molecule has 1 rings (SSSR count). The molecule has 0 unspecified atom stereocenters. The molecule has 0 fully saturated rings. The normalized spacial score (nSPS) is 12.4. The first kappa shape index (κ1) is 14.7. The molecular formula is C11H19N3O3S. The Kier molecular flexibility index (Phi) is 4.20. The molecule has 0 bridgehead atoms. The molecule has 0 saturated carbocycles. The second kappa shape index (κ2) is 5.13. The van der Waals surface area contributed by atoms with Crippen molar-refractivity contribution in [3.8, 4) is 0 Å². The average Bonchev–Trinajstić information content (AvgIpc) is 2.26. The van der Waals surface area contributed by atoms with Gasteiger partial charge in [-0.1, -0.05) is 0 Å². The fraction of sp³-hybridized carbons (Fsp3) is 0.455. The summed E-state index contributed by atoms with van der Waals surface area (Å²) in [5, 5.41) is 12.5. The number of hydrogen-bond acceptors (Lipinski definition) is 5. The molecule has 1 aromatic carbocycles. The first-order valence-corrected chi connectivity index (χ1v) is 6.93. The van der Waals surface area contributed by atoms with Crippen molar-refractivity contribution in [2.75, 3.05) is 24.6 Å². The van der Waals surface area contributed by atoms with Crippen molar-refractivity contribution >= 4 is 21.4 Å². The van der Waals surface area contributed by atoms with Gasteiger partial charge in [0.05, 0.1) is 21.9 Å². The monoisotopic (exact) mass is 273 g/mol. The molecule has 0 amide bonds. The van der Waals surface area contributed by atoms with Crippen LogP contribution in [0.1, 0.15) is 13.8 Å². The van der Waals surface area contributed by atoms with Gasteiger partial charge in [0.2, 0.25) is 10.0 Å². The number of benzene rings is 1. The van der Waals surface area contributed by atoms with Crippen molar-refractivity contribution in [1.29, 1.82) is 0 Å². The molecule has 102 valence electrons. The van der Waals surface area contributed by atoms with Crippen LogP contribution in [-0.4, -0.2) is 32.7 Å². The van der Waals surface area contributed by atoms with Crippen molar-refractivity contribution in [1.82, 2.24) is 4.72 Å².